The Morgan fingerprint density at radius 2 is 1.73 bits per heavy atom. The van der Waals surface area contributed by atoms with Crippen LogP contribution in [0.1, 0.15) is 38.5 Å². The molecule has 37 heavy (non-hydrogen) atoms. The fraction of sp³-hybridized carbons (Fsp3) is 0.500. The second-order valence-corrected chi connectivity index (χ2v) is 11.0. The van der Waals surface area contributed by atoms with E-state index in [2.05, 4.69) is 9.62 Å². The van der Waals surface area contributed by atoms with Crippen LogP contribution in [0.3, 0.4) is 0 Å². The highest BCUT2D eigenvalue weighted by atomic mass is 32.2. The smallest absolute Gasteiger partial charge is 0.259 e. The van der Waals surface area contributed by atoms with Crippen LogP contribution in [0, 0.1) is 17.5 Å². The molecule has 0 bridgehead atoms. The van der Waals surface area contributed by atoms with Gasteiger partial charge in [-0.2, -0.15) is 0 Å². The van der Waals surface area contributed by atoms with Gasteiger partial charge in [-0.25, -0.2) is 17.6 Å². The van der Waals surface area contributed by atoms with Crippen LogP contribution in [0.5, 0.6) is 0 Å². The van der Waals surface area contributed by atoms with Crippen LogP contribution in [-0.2, 0) is 9.53 Å². The van der Waals surface area contributed by atoms with Crippen LogP contribution in [0.15, 0.2) is 46.2 Å². The molecule has 1 atom stereocenters. The van der Waals surface area contributed by atoms with Crippen LogP contribution < -0.4 is 10.5 Å². The van der Waals surface area contributed by atoms with Gasteiger partial charge in [0.15, 0.2) is 0 Å². The van der Waals surface area contributed by atoms with E-state index in [4.69, 9.17) is 10.5 Å². The maximum Gasteiger partial charge on any atom is 0.259 e. The van der Waals surface area contributed by atoms with E-state index >= 15 is 0 Å². The number of ether oxygens (including phenoxy) is 1. The first-order valence-electron chi connectivity index (χ1n) is 12.4. The molecule has 3 N–H and O–H groups in total. The molecule has 1 unspecified atom stereocenters. The summed E-state index contributed by atoms with van der Waals surface area (Å²) in [4.78, 5) is 15.4. The Balaban J connectivity index is 0.000000208. The van der Waals surface area contributed by atoms with Crippen molar-refractivity contribution < 1.29 is 27.1 Å². The van der Waals surface area contributed by atoms with Gasteiger partial charge in [-0.1, -0.05) is 12.8 Å². The monoisotopic (exact) mass is 559 g/mol. The molecule has 2 fully saturated rings. The quantitative estimate of drug-likeness (QED) is 0.130. The predicted molar refractivity (Wildman–Crippen MR) is 141 cm³/mol. The van der Waals surface area contributed by atoms with Gasteiger partial charge in [0, 0.05) is 29.5 Å². The molecule has 2 saturated heterocycles. The maximum absolute atomic E-state index is 13.3. The standard InChI is InChI=1S/C13H16F2N2O2S.C13H17F2NS/c14-9-6-8(7-10(15)12(9)16)20-17-13(18)11-4-2-1-3-5-19-11;14-11-3-5-13(6-4-11)17-8-2-1-7-16-9-12(15)10-16/h6-7,11H,1-5,16H2,(H,17,18);3-6,12H,1-2,7-10H2. The van der Waals surface area contributed by atoms with E-state index in [-0.39, 0.29) is 16.6 Å². The minimum atomic E-state index is -0.840. The van der Waals surface area contributed by atoms with Gasteiger partial charge in [-0.15, -0.1) is 11.8 Å². The molecule has 0 aliphatic carbocycles. The van der Waals surface area contributed by atoms with E-state index < -0.39 is 29.6 Å². The van der Waals surface area contributed by atoms with Crippen molar-refractivity contribution >= 4 is 35.3 Å². The molecule has 2 aliphatic heterocycles. The summed E-state index contributed by atoms with van der Waals surface area (Å²) in [5.41, 5.74) is 4.65. The fourth-order valence-corrected chi connectivity index (χ4v) is 5.35. The van der Waals surface area contributed by atoms with Gasteiger partial charge in [-0.3, -0.25) is 14.4 Å². The van der Waals surface area contributed by atoms with Crippen LogP contribution in [0.2, 0.25) is 0 Å². The van der Waals surface area contributed by atoms with Gasteiger partial charge in [0.1, 0.15) is 35.4 Å². The Morgan fingerprint density at radius 1 is 1.03 bits per heavy atom. The number of halogens is 4. The third-order valence-electron chi connectivity index (χ3n) is 5.91. The molecule has 0 radical (unpaired) electrons. The summed E-state index contributed by atoms with van der Waals surface area (Å²) in [6, 6.07) is 8.76. The number of anilines is 1. The highest BCUT2D eigenvalue weighted by Gasteiger charge is 2.25. The summed E-state index contributed by atoms with van der Waals surface area (Å²) >= 11 is 2.60. The molecule has 0 spiro atoms. The number of carbonyl (C=O) groups excluding carboxylic acids is 1. The molecule has 11 heteroatoms. The van der Waals surface area contributed by atoms with Crippen molar-refractivity contribution in [2.24, 2.45) is 0 Å². The summed E-state index contributed by atoms with van der Waals surface area (Å²) < 4.78 is 59.7. The van der Waals surface area contributed by atoms with Crippen molar-refractivity contribution in [2.45, 2.75) is 60.6 Å². The molecular weight excluding hydrogens is 526 g/mol. The van der Waals surface area contributed by atoms with Gasteiger partial charge in [-0.05, 0) is 86.3 Å². The minimum absolute atomic E-state index is 0.187. The molecule has 0 saturated carbocycles. The first kappa shape index (κ1) is 29.6. The van der Waals surface area contributed by atoms with E-state index in [9.17, 15) is 22.4 Å². The topological polar surface area (TPSA) is 67.6 Å². The van der Waals surface area contributed by atoms with E-state index in [0.29, 0.717) is 26.1 Å². The van der Waals surface area contributed by atoms with Crippen LogP contribution >= 0.6 is 23.7 Å². The molecular formula is C26H33F4N3O2S2. The Labute approximate surface area is 224 Å². The largest absolute Gasteiger partial charge is 0.394 e. The summed E-state index contributed by atoms with van der Waals surface area (Å²) in [5.74, 6) is -1.11. The number of nitrogens with two attached hydrogens (primary N) is 1. The molecule has 2 aromatic carbocycles. The summed E-state index contributed by atoms with van der Waals surface area (Å²) in [6.45, 7) is 2.80. The van der Waals surface area contributed by atoms with Crippen molar-refractivity contribution in [3.05, 3.63) is 53.8 Å². The Bertz CT molecular complexity index is 963. The number of hydrogen-bond acceptors (Lipinski definition) is 6. The number of nitrogen functional groups attached to an aromatic ring is 1. The minimum Gasteiger partial charge on any atom is -0.394 e. The number of rotatable bonds is 9. The van der Waals surface area contributed by atoms with Gasteiger partial charge >= 0.3 is 0 Å². The van der Waals surface area contributed by atoms with Crippen molar-refractivity contribution in [1.82, 2.24) is 9.62 Å². The number of hydrogen-bond donors (Lipinski definition) is 2. The molecule has 2 heterocycles. The highest BCUT2D eigenvalue weighted by molar-refractivity contribution is 7.99. The van der Waals surface area contributed by atoms with Crippen molar-refractivity contribution in [2.75, 3.05) is 37.7 Å². The average molecular weight is 560 g/mol. The predicted octanol–water partition coefficient (Wildman–Crippen LogP) is 5.98. The van der Waals surface area contributed by atoms with Crippen molar-refractivity contribution in [1.29, 1.82) is 0 Å². The number of amides is 1. The summed E-state index contributed by atoms with van der Waals surface area (Å²) in [5, 5.41) is 0. The molecule has 4 rings (SSSR count). The Hall–Kier alpha value is -1.95. The zero-order valence-corrected chi connectivity index (χ0v) is 22.2. The number of carbonyl (C=O) groups is 1. The van der Waals surface area contributed by atoms with Crippen molar-refractivity contribution in [3.8, 4) is 0 Å². The van der Waals surface area contributed by atoms with E-state index in [1.54, 1.807) is 11.8 Å². The van der Waals surface area contributed by atoms with Crippen LogP contribution in [0.4, 0.5) is 23.2 Å². The van der Waals surface area contributed by atoms with E-state index in [1.807, 2.05) is 12.1 Å². The first-order valence-corrected chi connectivity index (χ1v) is 14.2. The molecule has 5 nitrogen and oxygen atoms in total. The number of likely N-dealkylation sites (tertiary alicyclic amines) is 1. The second-order valence-electron chi connectivity index (χ2n) is 8.94. The third kappa shape index (κ3) is 10.4. The lowest BCUT2D eigenvalue weighted by atomic mass is 10.1. The molecule has 0 aromatic heterocycles. The Kier molecular flexibility index (Phi) is 12.4. The number of alkyl halides is 1. The molecule has 204 valence electrons. The van der Waals surface area contributed by atoms with Gasteiger partial charge in [0.2, 0.25) is 0 Å². The van der Waals surface area contributed by atoms with Crippen LogP contribution in [-0.4, -0.2) is 55.1 Å². The zero-order valence-electron chi connectivity index (χ0n) is 20.6. The summed E-state index contributed by atoms with van der Waals surface area (Å²) in [7, 11) is 0. The van der Waals surface area contributed by atoms with Crippen LogP contribution in [0.25, 0.3) is 0 Å². The average Bonchev–Trinajstić information content (AvgIpc) is 3.16. The van der Waals surface area contributed by atoms with Gasteiger partial charge in [0.25, 0.3) is 5.91 Å². The van der Waals surface area contributed by atoms with Crippen molar-refractivity contribution in [3.63, 3.8) is 0 Å². The molecule has 2 aliphatic rings. The Morgan fingerprint density at radius 3 is 2.41 bits per heavy atom. The number of benzene rings is 2. The molecule has 1 amide bonds. The van der Waals surface area contributed by atoms with Gasteiger partial charge < -0.3 is 10.5 Å². The lowest BCUT2D eigenvalue weighted by Crippen LogP contribution is -2.48. The lowest BCUT2D eigenvalue weighted by Gasteiger charge is -2.34. The number of nitrogens with one attached hydrogen (secondary N) is 1. The number of nitrogens with zero attached hydrogens (tertiary/aromatic N) is 1. The number of thioether (sulfide) groups is 1. The number of unbranched alkanes of at least 4 members (excludes halogenated alkanes) is 1. The maximum atomic E-state index is 13.3. The highest BCUT2D eigenvalue weighted by Crippen LogP contribution is 2.24. The second kappa shape index (κ2) is 15.5. The lowest BCUT2D eigenvalue weighted by molar-refractivity contribution is -0.130. The SMILES string of the molecule is Fc1ccc(SCCCCN2CC(F)C2)cc1.Nc1c(F)cc(SNC(=O)C2CCCCCO2)cc1F. The zero-order chi connectivity index (χ0) is 26.6. The van der Waals surface area contributed by atoms with E-state index in [0.717, 1.165) is 73.4 Å². The first-order chi connectivity index (χ1) is 17.8. The summed E-state index contributed by atoms with van der Waals surface area (Å²) in [6.07, 6.45) is 4.75. The molecule has 2 aromatic rings. The normalized spacial score (nSPS) is 18.3. The fourth-order valence-electron chi connectivity index (χ4n) is 3.77. The van der Waals surface area contributed by atoms with E-state index in [1.165, 1.54) is 12.1 Å². The van der Waals surface area contributed by atoms with Gasteiger partial charge in [0.05, 0.1) is 0 Å². The third-order valence-corrected chi connectivity index (χ3v) is 7.78.